The van der Waals surface area contributed by atoms with E-state index < -0.39 is 0 Å². The third-order valence-corrected chi connectivity index (χ3v) is 4.43. The topological polar surface area (TPSA) is 65.2 Å². The van der Waals surface area contributed by atoms with Gasteiger partial charge in [-0.3, -0.25) is 4.79 Å². The second-order valence-corrected chi connectivity index (χ2v) is 6.32. The van der Waals surface area contributed by atoms with Gasteiger partial charge in [-0.25, -0.2) is 9.97 Å². The van der Waals surface area contributed by atoms with Gasteiger partial charge in [0.25, 0.3) is 5.22 Å². The Labute approximate surface area is 148 Å². The van der Waals surface area contributed by atoms with Crippen LogP contribution in [0.5, 0.6) is 0 Å². The SMILES string of the molecule is O=C(CSc1nc2ccccc2o1)OCc1ccc2ccccc2n1. The van der Waals surface area contributed by atoms with Gasteiger partial charge in [0.15, 0.2) is 5.58 Å². The summed E-state index contributed by atoms with van der Waals surface area (Å²) in [6, 6.07) is 19.1. The molecule has 2 heterocycles. The van der Waals surface area contributed by atoms with E-state index in [9.17, 15) is 4.79 Å². The first-order valence-corrected chi connectivity index (χ1v) is 8.75. The van der Waals surface area contributed by atoms with Crippen molar-refractivity contribution in [2.75, 3.05) is 5.75 Å². The van der Waals surface area contributed by atoms with Crippen LogP contribution in [0.15, 0.2) is 70.3 Å². The van der Waals surface area contributed by atoms with Crippen LogP contribution >= 0.6 is 11.8 Å². The molecular formula is C19H14N2O3S. The van der Waals surface area contributed by atoms with Crippen LogP contribution in [0.25, 0.3) is 22.0 Å². The molecule has 4 rings (SSSR count). The van der Waals surface area contributed by atoms with Crippen molar-refractivity contribution in [3.05, 3.63) is 66.4 Å². The molecule has 0 fully saturated rings. The average molecular weight is 350 g/mol. The molecule has 0 saturated carbocycles. The normalized spacial score (nSPS) is 11.0. The molecule has 0 amide bonds. The van der Waals surface area contributed by atoms with Gasteiger partial charge in [0.05, 0.1) is 11.2 Å². The number of fused-ring (bicyclic) bond motifs is 2. The Balaban J connectivity index is 1.33. The van der Waals surface area contributed by atoms with Crippen molar-refractivity contribution in [1.29, 1.82) is 0 Å². The van der Waals surface area contributed by atoms with Crippen molar-refractivity contribution in [1.82, 2.24) is 9.97 Å². The summed E-state index contributed by atoms with van der Waals surface area (Å²) in [6.07, 6.45) is 0. The van der Waals surface area contributed by atoms with Gasteiger partial charge in [0.1, 0.15) is 17.9 Å². The van der Waals surface area contributed by atoms with Gasteiger partial charge in [-0.2, -0.15) is 0 Å². The Morgan fingerprint density at radius 1 is 0.960 bits per heavy atom. The summed E-state index contributed by atoms with van der Waals surface area (Å²) in [5.41, 5.74) is 3.09. The average Bonchev–Trinajstić information content (AvgIpc) is 3.07. The van der Waals surface area contributed by atoms with Gasteiger partial charge in [-0.15, -0.1) is 0 Å². The predicted octanol–water partition coefficient (Wildman–Crippen LogP) is 4.21. The molecule has 2 aromatic heterocycles. The van der Waals surface area contributed by atoms with Crippen molar-refractivity contribution >= 4 is 39.7 Å². The molecule has 0 saturated heterocycles. The fourth-order valence-corrected chi connectivity index (χ4v) is 3.05. The summed E-state index contributed by atoms with van der Waals surface area (Å²) < 4.78 is 10.8. The standard InChI is InChI=1S/C19H14N2O3S/c22-18(12-25-19-21-16-7-3-4-8-17(16)24-19)23-11-14-10-9-13-5-1-2-6-15(13)20-14/h1-10H,11-12H2. The third-order valence-electron chi connectivity index (χ3n) is 3.62. The molecule has 0 aliphatic carbocycles. The zero-order chi connectivity index (χ0) is 17.1. The minimum atomic E-state index is -0.331. The summed E-state index contributed by atoms with van der Waals surface area (Å²) in [7, 11) is 0. The van der Waals surface area contributed by atoms with Crippen LogP contribution in [-0.2, 0) is 16.1 Å². The number of carbonyl (C=O) groups excluding carboxylic acids is 1. The molecule has 2 aromatic carbocycles. The fourth-order valence-electron chi connectivity index (χ4n) is 2.42. The highest BCUT2D eigenvalue weighted by Gasteiger charge is 2.10. The molecule has 25 heavy (non-hydrogen) atoms. The number of oxazole rings is 1. The number of pyridine rings is 1. The van der Waals surface area contributed by atoms with Crippen molar-refractivity contribution < 1.29 is 13.9 Å². The van der Waals surface area contributed by atoms with Crippen LogP contribution < -0.4 is 0 Å². The van der Waals surface area contributed by atoms with Crippen LogP contribution in [0.4, 0.5) is 0 Å². The number of hydrogen-bond donors (Lipinski definition) is 0. The number of thioether (sulfide) groups is 1. The summed E-state index contributed by atoms with van der Waals surface area (Å²) in [5.74, 6) is -0.192. The van der Waals surface area contributed by atoms with Gasteiger partial charge < -0.3 is 9.15 Å². The van der Waals surface area contributed by atoms with Gasteiger partial charge >= 0.3 is 5.97 Å². The van der Waals surface area contributed by atoms with Crippen molar-refractivity contribution in [3.63, 3.8) is 0 Å². The molecule has 0 bridgehead atoms. The molecule has 0 aliphatic rings. The first kappa shape index (κ1) is 15.7. The maximum Gasteiger partial charge on any atom is 0.316 e. The lowest BCUT2D eigenvalue weighted by molar-refractivity contribution is -0.141. The van der Waals surface area contributed by atoms with E-state index in [0.29, 0.717) is 10.8 Å². The lowest BCUT2D eigenvalue weighted by Crippen LogP contribution is -2.08. The molecule has 4 aromatic rings. The molecule has 0 atom stereocenters. The molecule has 5 nitrogen and oxygen atoms in total. The third kappa shape index (κ3) is 3.64. The molecule has 124 valence electrons. The maximum absolute atomic E-state index is 11.9. The zero-order valence-corrected chi connectivity index (χ0v) is 14.0. The van der Waals surface area contributed by atoms with E-state index in [-0.39, 0.29) is 18.3 Å². The zero-order valence-electron chi connectivity index (χ0n) is 13.2. The Bertz CT molecular complexity index is 1010. The number of ether oxygens (including phenoxy) is 1. The summed E-state index contributed by atoms with van der Waals surface area (Å²) in [5, 5.41) is 1.52. The van der Waals surface area contributed by atoms with Crippen LogP contribution in [0.2, 0.25) is 0 Å². The highest BCUT2D eigenvalue weighted by Crippen LogP contribution is 2.23. The Morgan fingerprint density at radius 2 is 1.76 bits per heavy atom. The Morgan fingerprint density at radius 3 is 2.64 bits per heavy atom. The number of nitrogens with zero attached hydrogens (tertiary/aromatic N) is 2. The number of para-hydroxylation sites is 3. The highest BCUT2D eigenvalue weighted by molar-refractivity contribution is 7.99. The molecule has 0 aliphatic heterocycles. The summed E-state index contributed by atoms with van der Waals surface area (Å²) in [4.78, 5) is 20.7. The van der Waals surface area contributed by atoms with Crippen LogP contribution in [0, 0.1) is 0 Å². The number of hydrogen-bond acceptors (Lipinski definition) is 6. The number of esters is 1. The van der Waals surface area contributed by atoms with E-state index in [2.05, 4.69) is 9.97 Å². The van der Waals surface area contributed by atoms with Crippen molar-refractivity contribution in [2.45, 2.75) is 11.8 Å². The minimum absolute atomic E-state index is 0.139. The largest absolute Gasteiger partial charge is 0.459 e. The lowest BCUT2D eigenvalue weighted by Gasteiger charge is -2.04. The predicted molar refractivity (Wildman–Crippen MR) is 96.3 cm³/mol. The highest BCUT2D eigenvalue weighted by atomic mass is 32.2. The van der Waals surface area contributed by atoms with Gasteiger partial charge in [0.2, 0.25) is 0 Å². The molecule has 0 unspecified atom stereocenters. The summed E-state index contributed by atoms with van der Waals surface area (Å²) in [6.45, 7) is 0.151. The number of aromatic nitrogens is 2. The van der Waals surface area contributed by atoms with E-state index >= 15 is 0 Å². The Kier molecular flexibility index (Phi) is 4.35. The van der Waals surface area contributed by atoms with E-state index in [4.69, 9.17) is 9.15 Å². The summed E-state index contributed by atoms with van der Waals surface area (Å²) >= 11 is 1.22. The van der Waals surface area contributed by atoms with E-state index in [1.807, 2.05) is 60.7 Å². The maximum atomic E-state index is 11.9. The lowest BCUT2D eigenvalue weighted by atomic mass is 10.2. The number of carbonyl (C=O) groups is 1. The van der Waals surface area contributed by atoms with E-state index in [0.717, 1.165) is 22.1 Å². The first-order valence-electron chi connectivity index (χ1n) is 7.76. The number of benzene rings is 2. The fraction of sp³-hybridized carbons (Fsp3) is 0.105. The van der Waals surface area contributed by atoms with Crippen LogP contribution in [0.1, 0.15) is 5.69 Å². The van der Waals surface area contributed by atoms with Gasteiger partial charge in [0, 0.05) is 5.39 Å². The second-order valence-electron chi connectivity index (χ2n) is 5.39. The van der Waals surface area contributed by atoms with Crippen LogP contribution in [-0.4, -0.2) is 21.7 Å². The minimum Gasteiger partial charge on any atom is -0.459 e. The number of rotatable bonds is 5. The first-order chi connectivity index (χ1) is 12.3. The smallest absolute Gasteiger partial charge is 0.316 e. The Hall–Kier alpha value is -2.86. The monoisotopic (exact) mass is 350 g/mol. The molecule has 0 spiro atoms. The molecule has 6 heteroatoms. The molecule has 0 N–H and O–H groups in total. The van der Waals surface area contributed by atoms with Gasteiger partial charge in [-0.05, 0) is 24.3 Å². The van der Waals surface area contributed by atoms with Crippen LogP contribution in [0.3, 0.4) is 0 Å². The quantitative estimate of drug-likeness (QED) is 0.397. The molecule has 0 radical (unpaired) electrons. The van der Waals surface area contributed by atoms with Gasteiger partial charge in [-0.1, -0.05) is 48.2 Å². The van der Waals surface area contributed by atoms with Crippen molar-refractivity contribution in [3.8, 4) is 0 Å². The van der Waals surface area contributed by atoms with Crippen molar-refractivity contribution in [2.24, 2.45) is 0 Å². The van der Waals surface area contributed by atoms with E-state index in [1.54, 1.807) is 0 Å². The second kappa shape index (κ2) is 6.94. The van der Waals surface area contributed by atoms with E-state index in [1.165, 1.54) is 11.8 Å². The molecular weight excluding hydrogens is 336 g/mol.